The SMILES string of the molecule is O=C(Nc1ccc(NC(=O)c2ccccc2F)cc1C(F)(F)F)c1ccn(-c2ccccc2)n1. The predicted molar refractivity (Wildman–Crippen MR) is 117 cm³/mol. The molecule has 2 N–H and O–H groups in total. The van der Waals surface area contributed by atoms with Crippen LogP contribution in [0.4, 0.5) is 28.9 Å². The first-order valence-corrected chi connectivity index (χ1v) is 9.92. The number of nitrogens with one attached hydrogen (secondary N) is 2. The molecule has 0 fully saturated rings. The minimum Gasteiger partial charge on any atom is -0.322 e. The van der Waals surface area contributed by atoms with E-state index < -0.39 is 35.1 Å². The molecule has 0 unspecified atom stereocenters. The molecule has 0 bridgehead atoms. The van der Waals surface area contributed by atoms with Crippen LogP contribution in [0.15, 0.2) is 85.1 Å². The van der Waals surface area contributed by atoms with Crippen molar-refractivity contribution in [2.75, 3.05) is 10.6 Å². The van der Waals surface area contributed by atoms with E-state index in [1.54, 1.807) is 24.3 Å². The van der Waals surface area contributed by atoms with E-state index in [9.17, 15) is 27.2 Å². The summed E-state index contributed by atoms with van der Waals surface area (Å²) >= 11 is 0. The van der Waals surface area contributed by atoms with Gasteiger partial charge in [-0.05, 0) is 48.5 Å². The Kier molecular flexibility index (Phi) is 6.13. The van der Waals surface area contributed by atoms with Gasteiger partial charge in [-0.15, -0.1) is 0 Å². The molecule has 2 amide bonds. The molecular formula is C24H16F4N4O2. The summed E-state index contributed by atoms with van der Waals surface area (Å²) in [7, 11) is 0. The molecule has 6 nitrogen and oxygen atoms in total. The minimum absolute atomic E-state index is 0.0890. The number of halogens is 4. The fraction of sp³-hybridized carbons (Fsp3) is 0.0417. The summed E-state index contributed by atoms with van der Waals surface area (Å²) in [5, 5.41) is 8.55. The van der Waals surface area contributed by atoms with Crippen molar-refractivity contribution in [2.45, 2.75) is 6.18 Å². The van der Waals surface area contributed by atoms with Crippen LogP contribution in [0.1, 0.15) is 26.4 Å². The van der Waals surface area contributed by atoms with Crippen LogP contribution >= 0.6 is 0 Å². The highest BCUT2D eigenvalue weighted by Gasteiger charge is 2.34. The summed E-state index contributed by atoms with van der Waals surface area (Å²) in [4.78, 5) is 24.8. The molecular weight excluding hydrogens is 452 g/mol. The number of hydrogen-bond acceptors (Lipinski definition) is 3. The third-order valence-electron chi connectivity index (χ3n) is 4.79. The standard InChI is InChI=1S/C24H16F4N4O2/c25-19-9-5-4-8-17(19)22(33)29-15-10-11-20(18(14-15)24(26,27)28)30-23(34)21-12-13-32(31-21)16-6-2-1-3-7-16/h1-14H,(H,29,33)(H,30,34). The summed E-state index contributed by atoms with van der Waals surface area (Å²) < 4.78 is 56.3. The highest BCUT2D eigenvalue weighted by Crippen LogP contribution is 2.37. The maximum Gasteiger partial charge on any atom is 0.418 e. The van der Waals surface area contributed by atoms with Gasteiger partial charge in [-0.1, -0.05) is 30.3 Å². The molecule has 0 spiro atoms. The maximum atomic E-state index is 13.8. The van der Waals surface area contributed by atoms with Crippen molar-refractivity contribution < 1.29 is 27.2 Å². The molecule has 0 aliphatic heterocycles. The lowest BCUT2D eigenvalue weighted by molar-refractivity contribution is -0.136. The summed E-state index contributed by atoms with van der Waals surface area (Å²) in [6, 6.07) is 18.2. The Hall–Kier alpha value is -4.47. The second-order valence-electron chi connectivity index (χ2n) is 7.13. The van der Waals surface area contributed by atoms with Crippen LogP contribution in [0, 0.1) is 5.82 Å². The van der Waals surface area contributed by atoms with Crippen molar-refractivity contribution >= 4 is 23.2 Å². The number of hydrogen-bond donors (Lipinski definition) is 2. The van der Waals surface area contributed by atoms with Gasteiger partial charge in [-0.2, -0.15) is 18.3 Å². The van der Waals surface area contributed by atoms with Crippen LogP contribution in [0.2, 0.25) is 0 Å². The Morgan fingerprint density at radius 1 is 0.824 bits per heavy atom. The Morgan fingerprint density at radius 2 is 1.53 bits per heavy atom. The van der Waals surface area contributed by atoms with Crippen molar-refractivity contribution in [2.24, 2.45) is 0 Å². The number of para-hydroxylation sites is 1. The van der Waals surface area contributed by atoms with Crippen LogP contribution in [0.3, 0.4) is 0 Å². The summed E-state index contributed by atoms with van der Waals surface area (Å²) in [5.74, 6) is -2.56. The predicted octanol–water partition coefficient (Wildman–Crippen LogP) is 5.53. The van der Waals surface area contributed by atoms with Gasteiger partial charge in [0.25, 0.3) is 11.8 Å². The first kappa shape index (κ1) is 22.7. The van der Waals surface area contributed by atoms with Gasteiger partial charge in [0.05, 0.1) is 22.5 Å². The Balaban J connectivity index is 1.56. The van der Waals surface area contributed by atoms with Gasteiger partial charge in [0.1, 0.15) is 5.82 Å². The van der Waals surface area contributed by atoms with Crippen molar-refractivity contribution in [3.8, 4) is 5.69 Å². The van der Waals surface area contributed by atoms with Gasteiger partial charge < -0.3 is 10.6 Å². The van der Waals surface area contributed by atoms with Crippen LogP contribution < -0.4 is 10.6 Å². The van der Waals surface area contributed by atoms with Crippen molar-refractivity contribution in [1.82, 2.24) is 9.78 Å². The first-order valence-electron chi connectivity index (χ1n) is 9.92. The molecule has 0 radical (unpaired) electrons. The number of benzene rings is 3. The molecule has 3 aromatic carbocycles. The second-order valence-corrected chi connectivity index (χ2v) is 7.13. The highest BCUT2D eigenvalue weighted by molar-refractivity contribution is 6.05. The molecule has 172 valence electrons. The van der Waals surface area contributed by atoms with E-state index in [0.29, 0.717) is 11.8 Å². The minimum atomic E-state index is -4.84. The molecule has 34 heavy (non-hydrogen) atoms. The van der Waals surface area contributed by atoms with E-state index in [2.05, 4.69) is 15.7 Å². The van der Waals surface area contributed by atoms with Crippen molar-refractivity contribution in [3.05, 3.63) is 108 Å². The third kappa shape index (κ3) is 4.96. The zero-order valence-corrected chi connectivity index (χ0v) is 17.3. The van der Waals surface area contributed by atoms with Gasteiger partial charge in [-0.25, -0.2) is 9.07 Å². The molecule has 0 aliphatic carbocycles. The smallest absolute Gasteiger partial charge is 0.322 e. The third-order valence-corrected chi connectivity index (χ3v) is 4.79. The van der Waals surface area contributed by atoms with Gasteiger partial charge in [0.15, 0.2) is 5.69 Å². The zero-order valence-electron chi connectivity index (χ0n) is 17.3. The lowest BCUT2D eigenvalue weighted by Gasteiger charge is -2.15. The number of carbonyl (C=O) groups excluding carboxylic acids is 2. The number of carbonyl (C=O) groups is 2. The highest BCUT2D eigenvalue weighted by atomic mass is 19.4. The number of alkyl halides is 3. The quantitative estimate of drug-likeness (QED) is 0.378. The molecule has 10 heteroatoms. The van der Waals surface area contributed by atoms with Crippen molar-refractivity contribution in [1.29, 1.82) is 0 Å². The van der Waals surface area contributed by atoms with Crippen LogP contribution in [0.25, 0.3) is 5.69 Å². The molecule has 1 heterocycles. The zero-order chi connectivity index (χ0) is 24.3. The van der Waals surface area contributed by atoms with E-state index in [0.717, 1.165) is 12.1 Å². The number of amides is 2. The molecule has 4 aromatic rings. The number of anilines is 2. The Bertz CT molecular complexity index is 1350. The Morgan fingerprint density at radius 3 is 2.24 bits per heavy atom. The molecule has 0 saturated heterocycles. The van der Waals surface area contributed by atoms with Crippen molar-refractivity contribution in [3.63, 3.8) is 0 Å². The maximum absolute atomic E-state index is 13.8. The summed E-state index contributed by atoms with van der Waals surface area (Å²) in [6.07, 6.45) is -3.33. The van der Waals surface area contributed by atoms with Gasteiger partial charge in [0, 0.05) is 11.9 Å². The largest absolute Gasteiger partial charge is 0.418 e. The topological polar surface area (TPSA) is 76.0 Å². The van der Waals surface area contributed by atoms with Gasteiger partial charge >= 0.3 is 6.18 Å². The molecule has 0 aliphatic rings. The molecule has 4 rings (SSSR count). The monoisotopic (exact) mass is 468 g/mol. The fourth-order valence-electron chi connectivity index (χ4n) is 3.17. The average Bonchev–Trinajstić information content (AvgIpc) is 3.31. The van der Waals surface area contributed by atoms with E-state index in [4.69, 9.17) is 0 Å². The fourth-order valence-corrected chi connectivity index (χ4v) is 3.17. The first-order chi connectivity index (χ1) is 16.2. The number of nitrogens with zero attached hydrogens (tertiary/aromatic N) is 2. The number of aromatic nitrogens is 2. The Labute approximate surface area is 190 Å². The molecule has 0 atom stereocenters. The van der Waals surface area contributed by atoms with Crippen LogP contribution in [0.5, 0.6) is 0 Å². The van der Waals surface area contributed by atoms with Gasteiger partial charge in [0.2, 0.25) is 0 Å². The normalized spacial score (nSPS) is 11.2. The van der Waals surface area contributed by atoms with Gasteiger partial charge in [-0.3, -0.25) is 9.59 Å². The lowest BCUT2D eigenvalue weighted by atomic mass is 10.1. The second kappa shape index (κ2) is 9.18. The van der Waals surface area contributed by atoms with E-state index >= 15 is 0 Å². The lowest BCUT2D eigenvalue weighted by Crippen LogP contribution is -2.19. The van der Waals surface area contributed by atoms with Crippen LogP contribution in [-0.2, 0) is 6.18 Å². The molecule has 0 saturated carbocycles. The van der Waals surface area contributed by atoms with Crippen LogP contribution in [-0.4, -0.2) is 21.6 Å². The van der Waals surface area contributed by atoms with E-state index in [1.807, 2.05) is 6.07 Å². The molecule has 1 aromatic heterocycles. The van der Waals surface area contributed by atoms with E-state index in [-0.39, 0.29) is 16.9 Å². The number of rotatable bonds is 5. The average molecular weight is 468 g/mol. The summed E-state index contributed by atoms with van der Waals surface area (Å²) in [6.45, 7) is 0. The van der Waals surface area contributed by atoms with E-state index in [1.165, 1.54) is 41.2 Å². The summed E-state index contributed by atoms with van der Waals surface area (Å²) in [5.41, 5.74) is -1.65.